The average Bonchev–Trinajstić information content (AvgIpc) is 3.30. The zero-order valence-corrected chi connectivity index (χ0v) is 14.3. The molecule has 4 heteroatoms. The Morgan fingerprint density at radius 1 is 1.09 bits per heavy atom. The van der Waals surface area contributed by atoms with Crippen molar-refractivity contribution in [2.75, 3.05) is 13.1 Å². The molecule has 1 aliphatic heterocycles. The van der Waals surface area contributed by atoms with Gasteiger partial charge in [0.05, 0.1) is 0 Å². The molecule has 2 fully saturated rings. The SMILES string of the molecule is CC(C)(C)OC(=O)N1CCC(c2ccc(O)cc2C2CC2)CC1. The quantitative estimate of drug-likeness (QED) is 0.880. The third-order valence-electron chi connectivity index (χ3n) is 4.67. The number of ether oxygens (including phenoxy) is 1. The Bertz CT molecular complexity index is 579. The number of amides is 1. The predicted molar refractivity (Wildman–Crippen MR) is 89.9 cm³/mol. The van der Waals surface area contributed by atoms with Crippen LogP contribution in [-0.4, -0.2) is 34.8 Å². The lowest BCUT2D eigenvalue weighted by molar-refractivity contribution is 0.0204. The van der Waals surface area contributed by atoms with Gasteiger partial charge in [-0.05, 0) is 81.5 Å². The summed E-state index contributed by atoms with van der Waals surface area (Å²) in [5.41, 5.74) is 2.25. The number of carbonyl (C=O) groups is 1. The highest BCUT2D eigenvalue weighted by molar-refractivity contribution is 5.68. The molecular weight excluding hydrogens is 290 g/mol. The Kier molecular flexibility index (Phi) is 4.26. The number of phenolic OH excluding ortho intramolecular Hbond substituents is 1. The summed E-state index contributed by atoms with van der Waals surface area (Å²) in [6, 6.07) is 5.81. The van der Waals surface area contributed by atoms with Crippen molar-refractivity contribution in [2.24, 2.45) is 0 Å². The molecule has 1 amide bonds. The Hall–Kier alpha value is -1.71. The number of phenols is 1. The first kappa shape index (κ1) is 16.2. The molecule has 0 atom stereocenters. The first-order chi connectivity index (χ1) is 10.8. The number of aromatic hydroxyl groups is 1. The van der Waals surface area contributed by atoms with Crippen LogP contribution < -0.4 is 0 Å². The third-order valence-corrected chi connectivity index (χ3v) is 4.67. The van der Waals surface area contributed by atoms with Crippen LogP contribution in [0.4, 0.5) is 4.79 Å². The maximum Gasteiger partial charge on any atom is 0.410 e. The van der Waals surface area contributed by atoms with E-state index in [-0.39, 0.29) is 6.09 Å². The molecule has 0 spiro atoms. The second-order valence-corrected chi connectivity index (χ2v) is 7.83. The van der Waals surface area contributed by atoms with E-state index in [9.17, 15) is 9.90 Å². The summed E-state index contributed by atoms with van der Waals surface area (Å²) in [7, 11) is 0. The Labute approximate surface area is 138 Å². The van der Waals surface area contributed by atoms with E-state index in [2.05, 4.69) is 6.07 Å². The van der Waals surface area contributed by atoms with E-state index in [1.54, 1.807) is 6.07 Å². The lowest BCUT2D eigenvalue weighted by atomic mass is 9.85. The van der Waals surface area contributed by atoms with E-state index in [0.29, 0.717) is 17.6 Å². The van der Waals surface area contributed by atoms with Gasteiger partial charge in [0.15, 0.2) is 0 Å². The fourth-order valence-corrected chi connectivity index (χ4v) is 3.38. The number of piperidine rings is 1. The Morgan fingerprint density at radius 3 is 2.26 bits per heavy atom. The van der Waals surface area contributed by atoms with E-state index < -0.39 is 5.60 Å². The third kappa shape index (κ3) is 3.98. The van der Waals surface area contributed by atoms with Crippen molar-refractivity contribution >= 4 is 6.09 Å². The molecule has 0 aromatic heterocycles. The molecule has 3 rings (SSSR count). The van der Waals surface area contributed by atoms with Gasteiger partial charge in [0.25, 0.3) is 0 Å². The van der Waals surface area contributed by atoms with E-state index in [4.69, 9.17) is 4.74 Å². The zero-order chi connectivity index (χ0) is 16.6. The fraction of sp³-hybridized carbons (Fsp3) is 0.632. The van der Waals surface area contributed by atoms with Gasteiger partial charge in [-0.15, -0.1) is 0 Å². The summed E-state index contributed by atoms with van der Waals surface area (Å²) >= 11 is 0. The first-order valence-corrected chi connectivity index (χ1v) is 8.64. The Morgan fingerprint density at radius 2 is 1.70 bits per heavy atom. The van der Waals surface area contributed by atoms with Gasteiger partial charge < -0.3 is 14.7 Å². The molecule has 1 heterocycles. The second kappa shape index (κ2) is 6.06. The van der Waals surface area contributed by atoms with Crippen LogP contribution in [-0.2, 0) is 4.74 Å². The molecule has 4 nitrogen and oxygen atoms in total. The zero-order valence-electron chi connectivity index (χ0n) is 14.3. The van der Waals surface area contributed by atoms with Crippen LogP contribution in [0.2, 0.25) is 0 Å². The number of benzene rings is 1. The van der Waals surface area contributed by atoms with Crippen molar-refractivity contribution in [2.45, 2.75) is 63.9 Å². The number of nitrogens with zero attached hydrogens (tertiary/aromatic N) is 1. The summed E-state index contributed by atoms with van der Waals surface area (Å²) in [4.78, 5) is 14.0. The van der Waals surface area contributed by atoms with Gasteiger partial charge in [-0.3, -0.25) is 0 Å². The van der Waals surface area contributed by atoms with Crippen LogP contribution in [0.1, 0.15) is 69.4 Å². The normalized spacial score (nSPS) is 19.7. The van der Waals surface area contributed by atoms with Gasteiger partial charge in [0.1, 0.15) is 11.4 Å². The smallest absolute Gasteiger partial charge is 0.410 e. The van der Waals surface area contributed by atoms with Crippen molar-refractivity contribution in [1.29, 1.82) is 0 Å². The van der Waals surface area contributed by atoms with E-state index >= 15 is 0 Å². The lowest BCUT2D eigenvalue weighted by Crippen LogP contribution is -2.41. The summed E-state index contributed by atoms with van der Waals surface area (Å²) in [5, 5.41) is 9.77. The highest BCUT2D eigenvalue weighted by Gasteiger charge is 2.32. The topological polar surface area (TPSA) is 49.8 Å². The molecule has 1 saturated heterocycles. The molecule has 1 aromatic rings. The first-order valence-electron chi connectivity index (χ1n) is 8.64. The highest BCUT2D eigenvalue weighted by atomic mass is 16.6. The fourth-order valence-electron chi connectivity index (χ4n) is 3.38. The monoisotopic (exact) mass is 317 g/mol. The van der Waals surface area contributed by atoms with Crippen molar-refractivity contribution in [3.05, 3.63) is 29.3 Å². The number of hydrogen-bond donors (Lipinski definition) is 1. The number of carbonyl (C=O) groups excluding carboxylic acids is 1. The molecule has 126 valence electrons. The van der Waals surface area contributed by atoms with Crippen LogP contribution in [0.5, 0.6) is 5.75 Å². The van der Waals surface area contributed by atoms with Gasteiger partial charge in [0, 0.05) is 13.1 Å². The standard InChI is InChI=1S/C19H27NO3/c1-19(2,3)23-18(22)20-10-8-14(9-11-20)16-7-6-15(21)12-17(16)13-4-5-13/h6-7,12-14,21H,4-5,8-11H2,1-3H3. The largest absolute Gasteiger partial charge is 0.508 e. The molecule has 0 radical (unpaired) electrons. The van der Waals surface area contributed by atoms with Crippen LogP contribution in [0.3, 0.4) is 0 Å². The van der Waals surface area contributed by atoms with Gasteiger partial charge in [-0.2, -0.15) is 0 Å². The van der Waals surface area contributed by atoms with Gasteiger partial charge >= 0.3 is 6.09 Å². The molecule has 23 heavy (non-hydrogen) atoms. The molecule has 1 aromatic carbocycles. The molecule has 2 aliphatic rings. The molecule has 1 N–H and O–H groups in total. The molecular formula is C19H27NO3. The van der Waals surface area contributed by atoms with Crippen LogP contribution >= 0.6 is 0 Å². The molecule has 0 unspecified atom stereocenters. The summed E-state index contributed by atoms with van der Waals surface area (Å²) in [6.45, 7) is 7.18. The van der Waals surface area contributed by atoms with E-state index in [1.165, 1.54) is 24.0 Å². The van der Waals surface area contributed by atoms with E-state index in [0.717, 1.165) is 25.9 Å². The highest BCUT2D eigenvalue weighted by Crippen LogP contribution is 2.46. The number of hydrogen-bond acceptors (Lipinski definition) is 3. The van der Waals surface area contributed by atoms with Crippen LogP contribution in [0.25, 0.3) is 0 Å². The van der Waals surface area contributed by atoms with Crippen LogP contribution in [0.15, 0.2) is 18.2 Å². The summed E-state index contributed by atoms with van der Waals surface area (Å²) in [6.07, 6.45) is 4.18. The van der Waals surface area contributed by atoms with Crippen molar-refractivity contribution in [3.63, 3.8) is 0 Å². The second-order valence-electron chi connectivity index (χ2n) is 7.83. The minimum absolute atomic E-state index is 0.205. The lowest BCUT2D eigenvalue weighted by Gasteiger charge is -2.34. The van der Waals surface area contributed by atoms with Gasteiger partial charge in [-0.1, -0.05) is 6.07 Å². The Balaban J connectivity index is 1.64. The van der Waals surface area contributed by atoms with Gasteiger partial charge in [0.2, 0.25) is 0 Å². The van der Waals surface area contributed by atoms with Crippen LogP contribution in [0, 0.1) is 0 Å². The minimum Gasteiger partial charge on any atom is -0.508 e. The van der Waals surface area contributed by atoms with Crippen molar-refractivity contribution in [3.8, 4) is 5.75 Å². The maximum atomic E-state index is 12.2. The maximum absolute atomic E-state index is 12.2. The summed E-state index contributed by atoms with van der Waals surface area (Å²) in [5.74, 6) is 1.47. The van der Waals surface area contributed by atoms with Crippen molar-refractivity contribution < 1.29 is 14.6 Å². The van der Waals surface area contributed by atoms with E-state index in [1.807, 2.05) is 31.7 Å². The van der Waals surface area contributed by atoms with Crippen molar-refractivity contribution in [1.82, 2.24) is 4.90 Å². The number of likely N-dealkylation sites (tertiary alicyclic amines) is 1. The van der Waals surface area contributed by atoms with Gasteiger partial charge in [-0.25, -0.2) is 4.79 Å². The number of rotatable bonds is 2. The summed E-state index contributed by atoms with van der Waals surface area (Å²) < 4.78 is 5.46. The molecule has 0 bridgehead atoms. The molecule has 1 aliphatic carbocycles. The predicted octanol–water partition coefficient (Wildman–Crippen LogP) is 4.38. The minimum atomic E-state index is -0.440. The molecule has 1 saturated carbocycles. The average molecular weight is 317 g/mol.